The smallest absolute Gasteiger partial charge is 0.291 e. The maximum absolute atomic E-state index is 12.6. The van der Waals surface area contributed by atoms with Crippen molar-refractivity contribution in [1.82, 2.24) is 29.8 Å². The monoisotopic (exact) mass is 390 g/mol. The van der Waals surface area contributed by atoms with Crippen molar-refractivity contribution in [2.75, 3.05) is 13.6 Å². The van der Waals surface area contributed by atoms with Gasteiger partial charge in [0.1, 0.15) is 6.54 Å². The first-order chi connectivity index (χ1) is 12.2. The van der Waals surface area contributed by atoms with Crippen molar-refractivity contribution in [3.63, 3.8) is 0 Å². The van der Waals surface area contributed by atoms with Crippen molar-refractivity contribution in [2.45, 2.75) is 37.1 Å². The molecule has 142 valence electrons. The van der Waals surface area contributed by atoms with E-state index in [1.807, 2.05) is 11.0 Å². The van der Waals surface area contributed by atoms with E-state index >= 15 is 0 Å². The lowest BCUT2D eigenvalue weighted by Crippen LogP contribution is -2.33. The number of rotatable bonds is 5. The van der Waals surface area contributed by atoms with Crippen LogP contribution in [-0.4, -0.2) is 53.3 Å². The third-order valence-electron chi connectivity index (χ3n) is 4.16. The van der Waals surface area contributed by atoms with E-state index in [0.29, 0.717) is 19.5 Å². The minimum absolute atomic E-state index is 0.116. The first-order valence-electron chi connectivity index (χ1n) is 7.78. The van der Waals surface area contributed by atoms with Crippen LogP contribution in [0, 0.1) is 0 Å². The van der Waals surface area contributed by atoms with E-state index in [2.05, 4.69) is 20.2 Å². The van der Waals surface area contributed by atoms with E-state index in [0.717, 1.165) is 15.8 Å². The molecule has 12 heteroatoms. The lowest BCUT2D eigenvalue weighted by Gasteiger charge is -2.29. The Morgan fingerprint density at radius 3 is 2.77 bits per heavy atom. The van der Waals surface area contributed by atoms with E-state index in [1.54, 1.807) is 12.1 Å². The van der Waals surface area contributed by atoms with Crippen molar-refractivity contribution in [1.29, 1.82) is 0 Å². The Balaban J connectivity index is 1.79. The lowest BCUT2D eigenvalue weighted by atomic mass is 10.00. The number of aromatic nitrogens is 4. The summed E-state index contributed by atoms with van der Waals surface area (Å²) in [5.41, 5.74) is 1.55. The third-order valence-corrected chi connectivity index (χ3v) is 5.66. The molecule has 8 nitrogen and oxygen atoms in total. The van der Waals surface area contributed by atoms with Gasteiger partial charge in [-0.3, -0.25) is 4.90 Å². The maximum atomic E-state index is 12.6. The Morgan fingerprint density at radius 1 is 1.31 bits per heavy atom. The van der Waals surface area contributed by atoms with Crippen LogP contribution < -0.4 is 4.72 Å². The summed E-state index contributed by atoms with van der Waals surface area (Å²) in [6.45, 7) is -0.209. The van der Waals surface area contributed by atoms with Crippen molar-refractivity contribution in [3.05, 3.63) is 35.2 Å². The van der Waals surface area contributed by atoms with Crippen molar-refractivity contribution in [2.24, 2.45) is 0 Å². The van der Waals surface area contributed by atoms with Crippen molar-refractivity contribution < 1.29 is 21.6 Å². The van der Waals surface area contributed by atoms with Gasteiger partial charge in [-0.1, -0.05) is 12.1 Å². The highest BCUT2D eigenvalue weighted by Crippen LogP contribution is 2.26. The summed E-state index contributed by atoms with van der Waals surface area (Å²) in [4.78, 5) is 2.12. The average molecular weight is 390 g/mol. The van der Waals surface area contributed by atoms with Crippen LogP contribution in [0.2, 0.25) is 0 Å². The van der Waals surface area contributed by atoms with Crippen molar-refractivity contribution in [3.8, 4) is 0 Å². The van der Waals surface area contributed by atoms with Crippen LogP contribution >= 0.6 is 0 Å². The van der Waals surface area contributed by atoms with Gasteiger partial charge in [0.15, 0.2) is 5.82 Å². The minimum atomic E-state index is -4.41. The fourth-order valence-corrected chi connectivity index (χ4v) is 3.99. The molecule has 0 saturated carbocycles. The highest BCUT2D eigenvalue weighted by Gasteiger charge is 2.31. The van der Waals surface area contributed by atoms with Crippen LogP contribution in [0.15, 0.2) is 23.1 Å². The zero-order chi connectivity index (χ0) is 18.9. The van der Waals surface area contributed by atoms with Crippen LogP contribution in [0.4, 0.5) is 13.2 Å². The molecular weight excluding hydrogens is 373 g/mol. The van der Waals surface area contributed by atoms with Crippen LogP contribution in [0.25, 0.3) is 0 Å². The van der Waals surface area contributed by atoms with Gasteiger partial charge in [0, 0.05) is 13.1 Å². The van der Waals surface area contributed by atoms with Gasteiger partial charge in [-0.05, 0) is 41.1 Å². The van der Waals surface area contributed by atoms with E-state index < -0.39 is 22.7 Å². The summed E-state index contributed by atoms with van der Waals surface area (Å²) >= 11 is 0. The minimum Gasteiger partial charge on any atom is -0.291 e. The quantitative estimate of drug-likeness (QED) is 0.808. The molecule has 1 aromatic carbocycles. The van der Waals surface area contributed by atoms with Gasteiger partial charge >= 0.3 is 6.18 Å². The molecule has 0 saturated heterocycles. The van der Waals surface area contributed by atoms with Crippen LogP contribution in [-0.2, 0) is 36.1 Å². The predicted octanol–water partition coefficient (Wildman–Crippen LogP) is 0.702. The lowest BCUT2D eigenvalue weighted by molar-refractivity contribution is -0.143. The molecule has 1 N–H and O–H groups in total. The molecule has 0 fully saturated rings. The van der Waals surface area contributed by atoms with Gasteiger partial charge in [0.2, 0.25) is 10.0 Å². The number of nitrogens with zero attached hydrogens (tertiary/aromatic N) is 5. The molecule has 26 heavy (non-hydrogen) atoms. The number of halogens is 3. The molecule has 1 aromatic heterocycles. The Hall–Kier alpha value is -2.05. The van der Waals surface area contributed by atoms with Gasteiger partial charge in [-0.15, -0.1) is 5.10 Å². The summed E-state index contributed by atoms with van der Waals surface area (Å²) in [5.74, 6) is 0.116. The normalized spacial score (nSPS) is 15.8. The van der Waals surface area contributed by atoms with Gasteiger partial charge in [-0.2, -0.15) is 13.2 Å². The molecule has 3 rings (SSSR count). The number of benzene rings is 1. The summed E-state index contributed by atoms with van der Waals surface area (Å²) in [5, 5.41) is 10.4. The van der Waals surface area contributed by atoms with Crippen LogP contribution in [0.3, 0.4) is 0 Å². The zero-order valence-electron chi connectivity index (χ0n) is 13.9. The summed E-state index contributed by atoms with van der Waals surface area (Å²) < 4.78 is 65.0. The summed E-state index contributed by atoms with van der Waals surface area (Å²) in [6.07, 6.45) is -3.94. The largest absolute Gasteiger partial charge is 0.408 e. The van der Waals surface area contributed by atoms with Gasteiger partial charge in [0.25, 0.3) is 0 Å². The van der Waals surface area contributed by atoms with E-state index in [1.165, 1.54) is 7.05 Å². The third kappa shape index (κ3) is 4.02. The molecule has 1 aliphatic rings. The van der Waals surface area contributed by atoms with Crippen LogP contribution in [0.5, 0.6) is 0 Å². The second-order valence-corrected chi connectivity index (χ2v) is 7.78. The number of fused-ring (bicyclic) bond motifs is 1. The molecule has 1 aliphatic heterocycles. The van der Waals surface area contributed by atoms with Gasteiger partial charge in [0.05, 0.1) is 11.4 Å². The predicted molar refractivity (Wildman–Crippen MR) is 84.4 cm³/mol. The number of sulfonamides is 1. The molecule has 0 amide bonds. The first kappa shape index (κ1) is 18.7. The fourth-order valence-electron chi connectivity index (χ4n) is 2.96. The molecule has 0 radical (unpaired) electrons. The Bertz CT molecular complexity index is 896. The van der Waals surface area contributed by atoms with Gasteiger partial charge < -0.3 is 0 Å². The second-order valence-electron chi connectivity index (χ2n) is 5.93. The van der Waals surface area contributed by atoms with E-state index in [4.69, 9.17) is 0 Å². The number of tetrazole rings is 1. The zero-order valence-corrected chi connectivity index (χ0v) is 14.7. The number of hydrogen-bond acceptors (Lipinski definition) is 6. The maximum Gasteiger partial charge on any atom is 0.408 e. The number of hydrogen-bond donors (Lipinski definition) is 1. The highest BCUT2D eigenvalue weighted by atomic mass is 32.2. The van der Waals surface area contributed by atoms with E-state index in [-0.39, 0.29) is 17.3 Å². The topological polar surface area (TPSA) is 93.0 Å². The Kier molecular flexibility index (Phi) is 4.99. The van der Waals surface area contributed by atoms with Crippen molar-refractivity contribution >= 4 is 10.0 Å². The molecule has 2 heterocycles. The number of nitrogens with one attached hydrogen (secondary N) is 1. The molecule has 0 unspecified atom stereocenters. The SMILES string of the molecule is CNS(=O)(=O)c1cccc2c1CCN(Cc1nnnn1CC(F)(F)F)C2. The summed E-state index contributed by atoms with van der Waals surface area (Å²) in [6, 6.07) is 5.01. The molecule has 0 bridgehead atoms. The fraction of sp³-hybridized carbons (Fsp3) is 0.500. The average Bonchev–Trinajstić information content (AvgIpc) is 2.99. The number of alkyl halides is 3. The second kappa shape index (κ2) is 6.93. The first-order valence-corrected chi connectivity index (χ1v) is 9.26. The molecule has 2 aromatic rings. The standard InChI is InChI=1S/C14H17F3N6O2S/c1-18-26(24,25)12-4-2-3-10-7-22(6-5-11(10)12)8-13-19-20-21-23(13)9-14(15,16)17/h2-4,18H,5-9H2,1H3. The summed E-state index contributed by atoms with van der Waals surface area (Å²) in [7, 11) is -2.21. The molecule has 0 aliphatic carbocycles. The van der Waals surface area contributed by atoms with E-state index in [9.17, 15) is 21.6 Å². The Labute approximate surface area is 148 Å². The van der Waals surface area contributed by atoms with Crippen LogP contribution in [0.1, 0.15) is 17.0 Å². The highest BCUT2D eigenvalue weighted by molar-refractivity contribution is 7.89. The van der Waals surface area contributed by atoms with Gasteiger partial charge in [-0.25, -0.2) is 17.8 Å². The molecule has 0 atom stereocenters. The Morgan fingerprint density at radius 2 is 2.08 bits per heavy atom. The molecule has 0 spiro atoms. The molecular formula is C14H17F3N6O2S.